The molecule has 0 unspecified atom stereocenters. The minimum absolute atomic E-state index is 0.0377. The van der Waals surface area contributed by atoms with Gasteiger partial charge in [-0.2, -0.15) is 0 Å². The summed E-state index contributed by atoms with van der Waals surface area (Å²) in [5.74, 6) is -2.40. The van der Waals surface area contributed by atoms with E-state index in [1.165, 1.54) is 61.6 Å². The van der Waals surface area contributed by atoms with Crippen LogP contribution >= 0.6 is 0 Å². The van der Waals surface area contributed by atoms with Gasteiger partial charge in [0.2, 0.25) is 0 Å². The normalized spacial score (nSPS) is 12.8. The molecule has 1 heterocycles. The minimum atomic E-state index is -3.85. The van der Waals surface area contributed by atoms with Gasteiger partial charge in [-0.15, -0.1) is 0 Å². The molecule has 4 rings (SSSR count). The fraction of sp³-hybridized carbons (Fsp3) is 0.0833. The maximum Gasteiger partial charge on any atom is 0.338 e. The van der Waals surface area contributed by atoms with Crippen molar-refractivity contribution in [1.29, 1.82) is 0 Å². The van der Waals surface area contributed by atoms with Gasteiger partial charge < -0.3 is 10.1 Å². The Morgan fingerprint density at radius 3 is 2.31 bits per heavy atom. The first kappa shape index (κ1) is 23.6. The van der Waals surface area contributed by atoms with Gasteiger partial charge in [0.15, 0.2) is 6.61 Å². The number of sulfonamides is 1. The lowest BCUT2D eigenvalue weighted by atomic mass is 10.1. The van der Waals surface area contributed by atoms with Crippen molar-refractivity contribution in [3.63, 3.8) is 0 Å². The molecule has 3 amide bonds. The summed E-state index contributed by atoms with van der Waals surface area (Å²) in [7, 11) is -2.48. The Hall–Kier alpha value is -4.51. The fourth-order valence-corrected chi connectivity index (χ4v) is 4.44. The van der Waals surface area contributed by atoms with Crippen molar-refractivity contribution in [2.24, 2.45) is 0 Å². The van der Waals surface area contributed by atoms with E-state index in [-0.39, 0.29) is 33.0 Å². The van der Waals surface area contributed by atoms with Crippen LogP contribution in [0.15, 0.2) is 77.7 Å². The molecule has 0 aromatic heterocycles. The predicted octanol–water partition coefficient (Wildman–Crippen LogP) is 2.51. The molecule has 0 atom stereocenters. The van der Waals surface area contributed by atoms with E-state index in [1.54, 1.807) is 18.2 Å². The Balaban J connectivity index is 1.37. The van der Waals surface area contributed by atoms with Crippen molar-refractivity contribution >= 4 is 45.1 Å². The third kappa shape index (κ3) is 5.04. The van der Waals surface area contributed by atoms with Crippen LogP contribution in [0, 0.1) is 0 Å². The first-order valence-corrected chi connectivity index (χ1v) is 11.8. The number of benzene rings is 3. The number of carbonyl (C=O) groups excluding carboxylic acids is 4. The number of esters is 1. The second-order valence-electron chi connectivity index (χ2n) is 7.55. The fourth-order valence-electron chi connectivity index (χ4n) is 3.37. The van der Waals surface area contributed by atoms with Gasteiger partial charge in [-0.05, 0) is 48.5 Å². The maximum absolute atomic E-state index is 12.5. The molecule has 2 N–H and O–H groups in total. The van der Waals surface area contributed by atoms with E-state index in [4.69, 9.17) is 4.74 Å². The highest BCUT2D eigenvalue weighted by Crippen LogP contribution is 2.24. The van der Waals surface area contributed by atoms with Crippen LogP contribution < -0.4 is 10.0 Å². The molecule has 0 bridgehead atoms. The van der Waals surface area contributed by atoms with Gasteiger partial charge >= 0.3 is 5.97 Å². The third-order valence-corrected chi connectivity index (χ3v) is 6.51. The molecule has 0 saturated carbocycles. The number of fused-ring (bicyclic) bond motifs is 1. The number of imide groups is 1. The molecule has 35 heavy (non-hydrogen) atoms. The zero-order valence-corrected chi connectivity index (χ0v) is 19.2. The largest absolute Gasteiger partial charge is 0.452 e. The summed E-state index contributed by atoms with van der Waals surface area (Å²) < 4.78 is 32.4. The van der Waals surface area contributed by atoms with Crippen LogP contribution in [-0.4, -0.2) is 50.7 Å². The van der Waals surface area contributed by atoms with Crippen LogP contribution in [0.2, 0.25) is 0 Å². The molecule has 0 fully saturated rings. The standard InChI is InChI=1S/C24H19N3O7S/c1-27-22(29)19-11-10-16(13-20(19)23(27)30)25-21(28)14-34-24(31)15-6-5-7-17(12-15)26-35(32,33)18-8-3-2-4-9-18/h2-13,26H,14H2,1H3,(H,25,28). The Morgan fingerprint density at radius 2 is 1.57 bits per heavy atom. The Labute approximate surface area is 200 Å². The lowest BCUT2D eigenvalue weighted by Gasteiger charge is -2.10. The van der Waals surface area contributed by atoms with Crippen molar-refractivity contribution in [1.82, 2.24) is 4.90 Å². The number of hydrogen-bond donors (Lipinski definition) is 2. The van der Waals surface area contributed by atoms with Gasteiger partial charge in [0, 0.05) is 18.4 Å². The van der Waals surface area contributed by atoms with E-state index < -0.39 is 40.3 Å². The van der Waals surface area contributed by atoms with Crippen LogP contribution in [0.1, 0.15) is 31.1 Å². The van der Waals surface area contributed by atoms with Gasteiger partial charge in [-0.3, -0.25) is 24.0 Å². The number of anilines is 2. The summed E-state index contributed by atoms with van der Waals surface area (Å²) in [5.41, 5.74) is 0.858. The molecular formula is C24H19N3O7S. The van der Waals surface area contributed by atoms with Gasteiger partial charge in [0.25, 0.3) is 27.7 Å². The first-order valence-electron chi connectivity index (χ1n) is 10.3. The predicted molar refractivity (Wildman–Crippen MR) is 125 cm³/mol. The highest BCUT2D eigenvalue weighted by atomic mass is 32.2. The Kier molecular flexibility index (Phi) is 6.34. The number of nitrogens with zero attached hydrogens (tertiary/aromatic N) is 1. The highest BCUT2D eigenvalue weighted by Gasteiger charge is 2.32. The van der Waals surface area contributed by atoms with Crippen molar-refractivity contribution in [3.05, 3.63) is 89.5 Å². The number of hydrogen-bond acceptors (Lipinski definition) is 7. The summed E-state index contributed by atoms with van der Waals surface area (Å²) in [6.45, 7) is -0.622. The zero-order valence-electron chi connectivity index (χ0n) is 18.3. The first-order chi connectivity index (χ1) is 16.7. The van der Waals surface area contributed by atoms with Crippen LogP contribution in [0.3, 0.4) is 0 Å². The SMILES string of the molecule is CN1C(=O)c2ccc(NC(=O)COC(=O)c3cccc(NS(=O)(=O)c4ccccc4)c3)cc2C1=O. The molecule has 0 aliphatic carbocycles. The number of ether oxygens (including phenoxy) is 1. The molecule has 0 saturated heterocycles. The Bertz CT molecular complexity index is 1450. The van der Waals surface area contributed by atoms with Gasteiger partial charge in [-0.1, -0.05) is 24.3 Å². The second-order valence-corrected chi connectivity index (χ2v) is 9.24. The molecule has 11 heteroatoms. The molecule has 0 radical (unpaired) electrons. The Morgan fingerprint density at radius 1 is 0.857 bits per heavy atom. The van der Waals surface area contributed by atoms with Gasteiger partial charge in [0.1, 0.15) is 0 Å². The number of rotatable bonds is 7. The topological polar surface area (TPSA) is 139 Å². The highest BCUT2D eigenvalue weighted by molar-refractivity contribution is 7.92. The molecule has 3 aromatic carbocycles. The molecule has 10 nitrogen and oxygen atoms in total. The zero-order chi connectivity index (χ0) is 25.2. The molecule has 0 spiro atoms. The summed E-state index contributed by atoms with van der Waals surface area (Å²) in [4.78, 5) is 49.7. The quantitative estimate of drug-likeness (QED) is 0.381. The summed E-state index contributed by atoms with van der Waals surface area (Å²) >= 11 is 0. The van der Waals surface area contributed by atoms with Crippen LogP contribution in [0.5, 0.6) is 0 Å². The number of nitrogens with one attached hydrogen (secondary N) is 2. The molecule has 1 aliphatic rings. The van der Waals surface area contributed by atoms with Gasteiger partial charge in [-0.25, -0.2) is 13.2 Å². The van der Waals surface area contributed by atoms with Crippen molar-refractivity contribution in [2.75, 3.05) is 23.7 Å². The van der Waals surface area contributed by atoms with E-state index in [2.05, 4.69) is 10.0 Å². The number of carbonyl (C=O) groups is 4. The minimum Gasteiger partial charge on any atom is -0.452 e. The lowest BCUT2D eigenvalue weighted by Crippen LogP contribution is -2.24. The monoisotopic (exact) mass is 493 g/mol. The smallest absolute Gasteiger partial charge is 0.338 e. The number of amides is 3. The van der Waals surface area contributed by atoms with Gasteiger partial charge in [0.05, 0.1) is 21.6 Å². The third-order valence-electron chi connectivity index (χ3n) is 5.11. The molecule has 1 aliphatic heterocycles. The van der Waals surface area contributed by atoms with E-state index in [0.717, 1.165) is 4.90 Å². The van der Waals surface area contributed by atoms with E-state index in [1.807, 2.05) is 0 Å². The lowest BCUT2D eigenvalue weighted by molar-refractivity contribution is -0.119. The van der Waals surface area contributed by atoms with E-state index in [0.29, 0.717) is 0 Å². The average molecular weight is 493 g/mol. The van der Waals surface area contributed by atoms with E-state index in [9.17, 15) is 27.6 Å². The van der Waals surface area contributed by atoms with Crippen molar-refractivity contribution in [2.45, 2.75) is 4.90 Å². The average Bonchev–Trinajstić information content (AvgIpc) is 3.06. The van der Waals surface area contributed by atoms with Crippen LogP contribution in [0.25, 0.3) is 0 Å². The van der Waals surface area contributed by atoms with Crippen LogP contribution in [-0.2, 0) is 19.6 Å². The van der Waals surface area contributed by atoms with Crippen molar-refractivity contribution < 1.29 is 32.3 Å². The van der Waals surface area contributed by atoms with E-state index >= 15 is 0 Å². The second kappa shape index (κ2) is 9.39. The molecular weight excluding hydrogens is 474 g/mol. The summed E-state index contributed by atoms with van der Waals surface area (Å²) in [6.07, 6.45) is 0. The molecule has 178 valence electrons. The molecule has 3 aromatic rings. The van der Waals surface area contributed by atoms with Crippen molar-refractivity contribution in [3.8, 4) is 0 Å². The summed E-state index contributed by atoms with van der Waals surface area (Å²) in [6, 6.07) is 17.7. The van der Waals surface area contributed by atoms with Crippen LogP contribution in [0.4, 0.5) is 11.4 Å². The summed E-state index contributed by atoms with van der Waals surface area (Å²) in [5, 5.41) is 2.50. The maximum atomic E-state index is 12.5.